The Kier molecular flexibility index (Phi) is 4.24. The number of rotatable bonds is 3. The quantitative estimate of drug-likeness (QED) is 0.671. The van der Waals surface area contributed by atoms with Gasteiger partial charge in [0.15, 0.2) is 6.29 Å². The lowest BCUT2D eigenvalue weighted by atomic mass is 10.1. The average molecular weight is 276 g/mol. The Morgan fingerprint density at radius 2 is 2.00 bits per heavy atom. The van der Waals surface area contributed by atoms with E-state index >= 15 is 0 Å². The van der Waals surface area contributed by atoms with Crippen molar-refractivity contribution in [1.29, 1.82) is 0 Å². The molecule has 0 bridgehead atoms. The number of phenols is 1. The molecular weight excluding hydrogens is 260 g/mol. The summed E-state index contributed by atoms with van der Waals surface area (Å²) in [6.07, 6.45) is 1.33. The number of amides is 1. The zero-order valence-electron chi connectivity index (χ0n) is 11.0. The summed E-state index contributed by atoms with van der Waals surface area (Å²) in [5.41, 5.74) is 1.11. The number of hydrogen-bond acceptors (Lipinski definition) is 5. The summed E-state index contributed by atoms with van der Waals surface area (Å²) >= 11 is 0. The summed E-state index contributed by atoms with van der Waals surface area (Å²) < 4.78 is 4.73. The Labute approximate surface area is 116 Å². The van der Waals surface area contributed by atoms with Crippen molar-refractivity contribution in [2.75, 3.05) is 31.1 Å². The van der Waals surface area contributed by atoms with E-state index in [2.05, 4.69) is 6.58 Å². The highest BCUT2D eigenvalue weighted by atomic mass is 16.5. The second kappa shape index (κ2) is 6.10. The van der Waals surface area contributed by atoms with Gasteiger partial charge in [0.25, 0.3) is 0 Å². The third-order valence-electron chi connectivity index (χ3n) is 3.23. The first-order chi connectivity index (χ1) is 9.65. The Morgan fingerprint density at radius 1 is 1.30 bits per heavy atom. The molecule has 1 aliphatic heterocycles. The van der Waals surface area contributed by atoms with Crippen molar-refractivity contribution in [2.45, 2.75) is 0 Å². The molecule has 0 spiro atoms. The van der Waals surface area contributed by atoms with Crippen molar-refractivity contribution >= 4 is 18.1 Å². The Hall–Kier alpha value is -2.50. The number of benzene rings is 1. The lowest BCUT2D eigenvalue weighted by Gasteiger charge is -2.35. The van der Waals surface area contributed by atoms with E-state index in [4.69, 9.17) is 4.74 Å². The predicted molar refractivity (Wildman–Crippen MR) is 74.0 cm³/mol. The summed E-state index contributed by atoms with van der Waals surface area (Å²) in [6.45, 7) is 5.68. The van der Waals surface area contributed by atoms with Gasteiger partial charge in [-0.2, -0.15) is 0 Å². The fraction of sp³-hybridized carbons (Fsp3) is 0.286. The molecule has 1 aliphatic rings. The van der Waals surface area contributed by atoms with Crippen molar-refractivity contribution in [3.63, 3.8) is 0 Å². The molecule has 1 aromatic rings. The first-order valence-corrected chi connectivity index (χ1v) is 6.25. The maximum absolute atomic E-state index is 11.5. The normalized spacial score (nSPS) is 14.8. The third-order valence-corrected chi connectivity index (χ3v) is 3.23. The summed E-state index contributed by atoms with van der Waals surface area (Å²) in [5.74, 6) is -0.0306. The largest absolute Gasteiger partial charge is 0.507 e. The molecule has 1 heterocycles. The van der Waals surface area contributed by atoms with Crippen LogP contribution in [0.4, 0.5) is 10.5 Å². The molecule has 0 saturated carbocycles. The van der Waals surface area contributed by atoms with E-state index in [0.717, 1.165) is 11.9 Å². The lowest BCUT2D eigenvalue weighted by Crippen LogP contribution is -2.48. The zero-order chi connectivity index (χ0) is 14.5. The van der Waals surface area contributed by atoms with E-state index in [1.54, 1.807) is 17.0 Å². The molecule has 1 aromatic carbocycles. The van der Waals surface area contributed by atoms with Gasteiger partial charge in [-0.05, 0) is 18.2 Å². The Balaban J connectivity index is 2.02. The van der Waals surface area contributed by atoms with Gasteiger partial charge in [-0.15, -0.1) is 0 Å². The van der Waals surface area contributed by atoms with E-state index < -0.39 is 6.09 Å². The second-order valence-electron chi connectivity index (χ2n) is 4.39. The van der Waals surface area contributed by atoms with Crippen molar-refractivity contribution in [3.05, 3.63) is 36.6 Å². The van der Waals surface area contributed by atoms with Crippen LogP contribution in [0, 0.1) is 0 Å². The monoisotopic (exact) mass is 276 g/mol. The molecule has 2 rings (SSSR count). The molecule has 1 saturated heterocycles. The topological polar surface area (TPSA) is 70.1 Å². The predicted octanol–water partition coefficient (Wildman–Crippen LogP) is 1.61. The van der Waals surface area contributed by atoms with Crippen molar-refractivity contribution in [1.82, 2.24) is 4.90 Å². The number of phenolic OH excluding ortho intramolecular Hbond substituents is 1. The number of hydrogen-bond donors (Lipinski definition) is 1. The molecule has 20 heavy (non-hydrogen) atoms. The molecule has 1 amide bonds. The first-order valence-electron chi connectivity index (χ1n) is 6.25. The molecule has 0 aromatic heterocycles. The number of aldehydes is 1. The molecule has 0 aliphatic carbocycles. The van der Waals surface area contributed by atoms with Gasteiger partial charge >= 0.3 is 6.09 Å². The third kappa shape index (κ3) is 2.90. The highest BCUT2D eigenvalue weighted by Gasteiger charge is 2.22. The van der Waals surface area contributed by atoms with E-state index in [9.17, 15) is 14.7 Å². The number of ether oxygens (including phenoxy) is 1. The fourth-order valence-corrected chi connectivity index (χ4v) is 2.13. The van der Waals surface area contributed by atoms with Gasteiger partial charge in [0.2, 0.25) is 0 Å². The Bertz CT molecular complexity index is 522. The van der Waals surface area contributed by atoms with Crippen molar-refractivity contribution in [2.24, 2.45) is 0 Å². The van der Waals surface area contributed by atoms with Gasteiger partial charge in [0.1, 0.15) is 5.75 Å². The molecule has 6 nitrogen and oxygen atoms in total. The molecular formula is C14H16N2O4. The van der Waals surface area contributed by atoms with E-state index in [-0.39, 0.29) is 11.3 Å². The van der Waals surface area contributed by atoms with E-state index in [0.29, 0.717) is 32.5 Å². The molecule has 106 valence electrons. The van der Waals surface area contributed by atoms with Crippen molar-refractivity contribution < 1.29 is 19.4 Å². The van der Waals surface area contributed by atoms with Crippen LogP contribution in [-0.4, -0.2) is 48.6 Å². The van der Waals surface area contributed by atoms with E-state index in [1.165, 1.54) is 6.07 Å². The van der Waals surface area contributed by atoms with Gasteiger partial charge in [-0.25, -0.2) is 4.79 Å². The molecule has 0 unspecified atom stereocenters. The molecule has 0 radical (unpaired) electrons. The molecule has 0 atom stereocenters. The van der Waals surface area contributed by atoms with E-state index in [1.807, 2.05) is 4.90 Å². The SMILES string of the molecule is C=COC(=O)N1CCN(c2ccc(O)c(C=O)c2)CC1. The standard InChI is InChI=1S/C14H16N2O4/c1-2-20-14(19)16-7-5-15(6-8-16)12-3-4-13(18)11(9-12)10-17/h2-4,9-10,18H,1,5-8H2. The minimum Gasteiger partial charge on any atom is -0.507 e. The van der Waals surface area contributed by atoms with Crippen LogP contribution in [0.2, 0.25) is 0 Å². The van der Waals surface area contributed by atoms with Crippen LogP contribution in [0.15, 0.2) is 31.0 Å². The minimum atomic E-state index is -0.404. The average Bonchev–Trinajstić information content (AvgIpc) is 2.48. The summed E-state index contributed by atoms with van der Waals surface area (Å²) in [5, 5.41) is 9.48. The lowest BCUT2D eigenvalue weighted by molar-refractivity contribution is 0.112. The number of aromatic hydroxyl groups is 1. The van der Waals surface area contributed by atoms with Gasteiger partial charge in [0, 0.05) is 31.9 Å². The van der Waals surface area contributed by atoms with Crippen molar-refractivity contribution in [3.8, 4) is 5.75 Å². The van der Waals surface area contributed by atoms with Gasteiger partial charge in [0.05, 0.1) is 11.8 Å². The molecule has 6 heteroatoms. The summed E-state index contributed by atoms with van der Waals surface area (Å²) in [6, 6.07) is 4.89. The fourth-order valence-electron chi connectivity index (χ4n) is 2.13. The highest BCUT2D eigenvalue weighted by Crippen LogP contribution is 2.23. The zero-order valence-corrected chi connectivity index (χ0v) is 11.0. The highest BCUT2D eigenvalue weighted by molar-refractivity contribution is 5.81. The number of piperazine rings is 1. The van der Waals surface area contributed by atoms with Crippen LogP contribution in [0.5, 0.6) is 5.75 Å². The van der Waals surface area contributed by atoms with Crippen LogP contribution >= 0.6 is 0 Å². The summed E-state index contributed by atoms with van der Waals surface area (Å²) in [4.78, 5) is 26.0. The van der Waals surface area contributed by atoms with Crippen LogP contribution in [0.3, 0.4) is 0 Å². The number of nitrogens with zero attached hydrogens (tertiary/aromatic N) is 2. The van der Waals surface area contributed by atoms with Gasteiger partial charge < -0.3 is 19.6 Å². The molecule has 1 fully saturated rings. The van der Waals surface area contributed by atoms with Gasteiger partial charge in [-0.1, -0.05) is 6.58 Å². The molecule has 1 N–H and O–H groups in total. The number of anilines is 1. The van der Waals surface area contributed by atoms with Crippen LogP contribution < -0.4 is 4.90 Å². The first kappa shape index (κ1) is 13.9. The number of carbonyl (C=O) groups is 2. The van der Waals surface area contributed by atoms with Crippen LogP contribution in [0.1, 0.15) is 10.4 Å². The van der Waals surface area contributed by atoms with Crippen LogP contribution in [0.25, 0.3) is 0 Å². The maximum Gasteiger partial charge on any atom is 0.414 e. The number of carbonyl (C=O) groups excluding carboxylic acids is 2. The summed E-state index contributed by atoms with van der Waals surface area (Å²) in [7, 11) is 0. The Morgan fingerprint density at radius 3 is 2.60 bits per heavy atom. The minimum absolute atomic E-state index is 0.0306. The maximum atomic E-state index is 11.5. The smallest absolute Gasteiger partial charge is 0.414 e. The van der Waals surface area contributed by atoms with Crippen LogP contribution in [-0.2, 0) is 4.74 Å². The second-order valence-corrected chi connectivity index (χ2v) is 4.39. The van der Waals surface area contributed by atoms with Gasteiger partial charge in [-0.3, -0.25) is 4.79 Å².